The van der Waals surface area contributed by atoms with E-state index in [1.807, 2.05) is 0 Å². The number of nitrogens with one attached hydrogen (secondary N) is 2. The first kappa shape index (κ1) is 17.1. The molecule has 0 aliphatic carbocycles. The minimum absolute atomic E-state index is 0.108. The van der Waals surface area contributed by atoms with Crippen molar-refractivity contribution in [1.82, 2.24) is 19.7 Å². The van der Waals surface area contributed by atoms with Gasteiger partial charge < -0.3 is 5.32 Å². The summed E-state index contributed by atoms with van der Waals surface area (Å²) in [7, 11) is 0. The number of amides is 2. The van der Waals surface area contributed by atoms with Crippen molar-refractivity contribution in [1.29, 1.82) is 0 Å². The number of hydrogen-bond donors (Lipinski definition) is 2. The summed E-state index contributed by atoms with van der Waals surface area (Å²) in [6.45, 7) is 0. The molecule has 0 radical (unpaired) electrons. The zero-order chi connectivity index (χ0) is 19.0. The van der Waals surface area contributed by atoms with E-state index in [0.717, 1.165) is 6.07 Å². The molecule has 8 nitrogen and oxygen atoms in total. The Hall–Kier alpha value is -3.33. The van der Waals surface area contributed by atoms with Crippen molar-refractivity contribution in [3.63, 3.8) is 0 Å². The van der Waals surface area contributed by atoms with Crippen molar-refractivity contribution in [2.45, 2.75) is 12.5 Å². The van der Waals surface area contributed by atoms with Crippen molar-refractivity contribution >= 4 is 35.1 Å². The summed E-state index contributed by atoms with van der Waals surface area (Å²) in [5.41, 5.74) is 0.963. The second kappa shape index (κ2) is 6.76. The number of rotatable bonds is 3. The Labute approximate surface area is 157 Å². The van der Waals surface area contributed by atoms with E-state index in [2.05, 4.69) is 25.7 Å². The Morgan fingerprint density at radius 3 is 2.96 bits per heavy atom. The van der Waals surface area contributed by atoms with Crippen LogP contribution in [0.1, 0.15) is 12.5 Å². The molecule has 3 aromatic rings. The van der Waals surface area contributed by atoms with Gasteiger partial charge in [-0.3, -0.25) is 19.9 Å². The molecule has 1 aliphatic heterocycles. The molecule has 0 saturated heterocycles. The van der Waals surface area contributed by atoms with Gasteiger partial charge in [-0.2, -0.15) is 4.98 Å². The highest BCUT2D eigenvalue weighted by atomic mass is 35.5. The van der Waals surface area contributed by atoms with Gasteiger partial charge in [0.2, 0.25) is 17.8 Å². The average Bonchev–Trinajstić information content (AvgIpc) is 3.08. The van der Waals surface area contributed by atoms with Gasteiger partial charge in [-0.05, 0) is 30.3 Å². The van der Waals surface area contributed by atoms with Crippen molar-refractivity contribution in [3.8, 4) is 11.4 Å². The second-order valence-corrected chi connectivity index (χ2v) is 6.24. The molecule has 0 fully saturated rings. The smallest absolute Gasteiger partial charge is 0.249 e. The minimum Gasteiger partial charge on any atom is -0.324 e. The van der Waals surface area contributed by atoms with Crippen LogP contribution in [-0.4, -0.2) is 31.6 Å². The first-order valence-electron chi connectivity index (χ1n) is 7.94. The van der Waals surface area contributed by atoms with E-state index in [1.165, 1.54) is 16.8 Å². The predicted molar refractivity (Wildman–Crippen MR) is 95.6 cm³/mol. The highest BCUT2D eigenvalue weighted by molar-refractivity contribution is 6.31. The number of fused-ring (bicyclic) bond motifs is 1. The lowest BCUT2D eigenvalue weighted by Gasteiger charge is -2.22. The van der Waals surface area contributed by atoms with Crippen LogP contribution in [0.15, 0.2) is 42.7 Å². The molecule has 1 unspecified atom stereocenters. The van der Waals surface area contributed by atoms with Crippen molar-refractivity contribution in [2.24, 2.45) is 0 Å². The van der Waals surface area contributed by atoms with E-state index in [1.54, 1.807) is 24.5 Å². The fourth-order valence-corrected chi connectivity index (χ4v) is 2.86. The molecule has 1 aliphatic rings. The number of pyridine rings is 1. The van der Waals surface area contributed by atoms with Crippen LogP contribution in [0.2, 0.25) is 5.02 Å². The Bertz CT molecular complexity index is 1040. The number of nitrogens with zero attached hydrogens (tertiary/aromatic N) is 4. The molecule has 136 valence electrons. The molecule has 4 rings (SSSR count). The molecule has 2 amide bonds. The number of hydrogen-bond acceptors (Lipinski definition) is 5. The predicted octanol–water partition coefficient (Wildman–Crippen LogP) is 2.65. The maximum absolute atomic E-state index is 13.3. The standard InChI is InChI=1S/C17H12ClFN6O2/c18-11-6-10(3-4-12(11)19)21-16(27)13-7-14(26)22-17-23-15(24-25(13)17)9-2-1-5-20-8-9/h1-6,8,13H,7H2,(H,21,27)(H,22,23,24,26). The number of halogens is 2. The third-order valence-electron chi connectivity index (χ3n) is 3.97. The zero-order valence-electron chi connectivity index (χ0n) is 13.7. The molecule has 10 heteroatoms. The van der Waals surface area contributed by atoms with Gasteiger partial charge in [-0.1, -0.05) is 11.6 Å². The number of benzene rings is 1. The van der Waals surface area contributed by atoms with Crippen LogP contribution in [0, 0.1) is 5.82 Å². The highest BCUT2D eigenvalue weighted by Gasteiger charge is 2.33. The summed E-state index contributed by atoms with van der Waals surface area (Å²) in [6, 6.07) is 6.41. The first-order chi connectivity index (χ1) is 13.0. The Morgan fingerprint density at radius 2 is 2.22 bits per heavy atom. The van der Waals surface area contributed by atoms with Gasteiger partial charge in [0.25, 0.3) is 0 Å². The molecule has 2 aromatic heterocycles. The van der Waals surface area contributed by atoms with Crippen LogP contribution in [0.25, 0.3) is 11.4 Å². The van der Waals surface area contributed by atoms with Crippen molar-refractivity contribution < 1.29 is 14.0 Å². The van der Waals surface area contributed by atoms with Crippen molar-refractivity contribution in [3.05, 3.63) is 53.6 Å². The van der Waals surface area contributed by atoms with Gasteiger partial charge in [-0.15, -0.1) is 5.10 Å². The van der Waals surface area contributed by atoms with Crippen LogP contribution in [0.3, 0.4) is 0 Å². The topological polar surface area (TPSA) is 102 Å². The highest BCUT2D eigenvalue weighted by Crippen LogP contribution is 2.27. The van der Waals surface area contributed by atoms with Gasteiger partial charge in [0.05, 0.1) is 11.4 Å². The lowest BCUT2D eigenvalue weighted by Crippen LogP contribution is -2.36. The Balaban J connectivity index is 1.64. The minimum atomic E-state index is -0.907. The van der Waals surface area contributed by atoms with Crippen LogP contribution in [0.4, 0.5) is 16.0 Å². The van der Waals surface area contributed by atoms with Crippen LogP contribution in [-0.2, 0) is 9.59 Å². The molecular formula is C17H12ClFN6O2. The van der Waals surface area contributed by atoms with E-state index >= 15 is 0 Å². The van der Waals surface area contributed by atoms with Crippen LogP contribution < -0.4 is 10.6 Å². The molecule has 2 N–H and O–H groups in total. The lowest BCUT2D eigenvalue weighted by atomic mass is 10.1. The maximum atomic E-state index is 13.3. The number of carbonyl (C=O) groups excluding carboxylic acids is 2. The molecule has 0 saturated carbocycles. The van der Waals surface area contributed by atoms with E-state index in [0.29, 0.717) is 17.1 Å². The summed E-state index contributed by atoms with van der Waals surface area (Å²) >= 11 is 5.73. The maximum Gasteiger partial charge on any atom is 0.249 e. The Kier molecular flexibility index (Phi) is 4.28. The molecule has 27 heavy (non-hydrogen) atoms. The molecule has 0 bridgehead atoms. The molecule has 3 heterocycles. The van der Waals surface area contributed by atoms with E-state index in [4.69, 9.17) is 11.6 Å². The van der Waals surface area contributed by atoms with Crippen LogP contribution >= 0.6 is 11.6 Å². The largest absolute Gasteiger partial charge is 0.324 e. The van der Waals surface area contributed by atoms with E-state index in [9.17, 15) is 14.0 Å². The monoisotopic (exact) mass is 386 g/mol. The summed E-state index contributed by atoms with van der Waals surface area (Å²) in [5.74, 6) is -0.932. The summed E-state index contributed by atoms with van der Waals surface area (Å²) < 4.78 is 14.6. The van der Waals surface area contributed by atoms with Gasteiger partial charge in [0.15, 0.2) is 5.82 Å². The molecule has 1 aromatic carbocycles. The second-order valence-electron chi connectivity index (χ2n) is 5.83. The number of aromatic nitrogens is 4. The van der Waals surface area contributed by atoms with Gasteiger partial charge in [0, 0.05) is 23.6 Å². The number of anilines is 2. The quantitative estimate of drug-likeness (QED) is 0.720. The summed E-state index contributed by atoms with van der Waals surface area (Å²) in [5, 5.41) is 9.43. The zero-order valence-corrected chi connectivity index (χ0v) is 14.4. The molecular weight excluding hydrogens is 375 g/mol. The third-order valence-corrected chi connectivity index (χ3v) is 4.26. The SMILES string of the molecule is O=C1CC(C(=O)Nc2ccc(F)c(Cl)c2)n2nc(-c3cccnc3)nc2N1. The van der Waals surface area contributed by atoms with E-state index in [-0.39, 0.29) is 23.3 Å². The van der Waals surface area contributed by atoms with Gasteiger partial charge >= 0.3 is 0 Å². The van der Waals surface area contributed by atoms with Gasteiger partial charge in [-0.25, -0.2) is 9.07 Å². The molecule has 1 atom stereocenters. The van der Waals surface area contributed by atoms with Crippen LogP contribution in [0.5, 0.6) is 0 Å². The Morgan fingerprint density at radius 1 is 1.37 bits per heavy atom. The molecule has 0 spiro atoms. The average molecular weight is 387 g/mol. The van der Waals surface area contributed by atoms with Crippen molar-refractivity contribution in [2.75, 3.05) is 10.6 Å². The fourth-order valence-electron chi connectivity index (χ4n) is 2.68. The van der Waals surface area contributed by atoms with Gasteiger partial charge in [0.1, 0.15) is 11.9 Å². The third kappa shape index (κ3) is 3.36. The van der Waals surface area contributed by atoms with E-state index < -0.39 is 17.8 Å². The summed E-state index contributed by atoms with van der Waals surface area (Å²) in [4.78, 5) is 32.9. The number of carbonyl (C=O) groups is 2. The first-order valence-corrected chi connectivity index (χ1v) is 8.32. The lowest BCUT2D eigenvalue weighted by molar-refractivity contribution is -0.125. The fraction of sp³-hybridized carbons (Fsp3) is 0.118. The summed E-state index contributed by atoms with van der Waals surface area (Å²) in [6.07, 6.45) is 3.09. The normalized spacial score (nSPS) is 15.8.